The van der Waals surface area contributed by atoms with Crippen molar-refractivity contribution < 1.29 is 4.79 Å². The van der Waals surface area contributed by atoms with Crippen LogP contribution in [0.2, 0.25) is 10.0 Å². The lowest BCUT2D eigenvalue weighted by Gasteiger charge is -2.22. The van der Waals surface area contributed by atoms with E-state index in [0.29, 0.717) is 28.9 Å². The number of benzene rings is 1. The number of likely N-dealkylation sites (N-methyl/N-ethyl adjacent to an activating group) is 1. The van der Waals surface area contributed by atoms with Gasteiger partial charge in [-0.1, -0.05) is 37.0 Å². The van der Waals surface area contributed by atoms with Gasteiger partial charge in [-0.3, -0.25) is 4.79 Å². The van der Waals surface area contributed by atoms with Gasteiger partial charge in [0, 0.05) is 23.6 Å². The standard InChI is InChI=1S/C14H20Cl2N2O/c1-9(2)4-13(17)14(19)18(3)8-10-5-11(15)7-12(16)6-10/h5-7,9,13H,4,8,17H2,1-3H3. The average Bonchev–Trinajstić information content (AvgIpc) is 2.25. The number of nitrogens with zero attached hydrogens (tertiary/aromatic N) is 1. The van der Waals surface area contributed by atoms with Gasteiger partial charge in [-0.2, -0.15) is 0 Å². The van der Waals surface area contributed by atoms with Crippen LogP contribution in [0.1, 0.15) is 25.8 Å². The molecule has 0 saturated carbocycles. The molecule has 0 heterocycles. The molecule has 0 aliphatic carbocycles. The van der Waals surface area contributed by atoms with E-state index < -0.39 is 6.04 Å². The summed E-state index contributed by atoms with van der Waals surface area (Å²) in [6.07, 6.45) is 0.680. The molecule has 1 aromatic rings. The number of amides is 1. The van der Waals surface area contributed by atoms with Gasteiger partial charge in [-0.05, 0) is 36.1 Å². The Hall–Kier alpha value is -0.770. The lowest BCUT2D eigenvalue weighted by Crippen LogP contribution is -2.42. The molecule has 1 unspecified atom stereocenters. The molecule has 1 amide bonds. The summed E-state index contributed by atoms with van der Waals surface area (Å²) in [5.74, 6) is 0.331. The van der Waals surface area contributed by atoms with Crippen molar-refractivity contribution in [3.63, 3.8) is 0 Å². The van der Waals surface area contributed by atoms with Crippen molar-refractivity contribution in [1.29, 1.82) is 0 Å². The maximum absolute atomic E-state index is 12.1. The Morgan fingerprint density at radius 3 is 2.26 bits per heavy atom. The molecule has 0 bridgehead atoms. The van der Waals surface area contributed by atoms with Crippen molar-refractivity contribution >= 4 is 29.1 Å². The Kier molecular flexibility index (Phi) is 6.11. The van der Waals surface area contributed by atoms with Crippen LogP contribution >= 0.6 is 23.2 Å². The fourth-order valence-electron chi connectivity index (χ4n) is 1.95. The van der Waals surface area contributed by atoms with Crippen LogP contribution in [0, 0.1) is 5.92 Å². The second kappa shape index (κ2) is 7.13. The fraction of sp³-hybridized carbons (Fsp3) is 0.500. The van der Waals surface area contributed by atoms with E-state index in [1.165, 1.54) is 0 Å². The van der Waals surface area contributed by atoms with Gasteiger partial charge >= 0.3 is 0 Å². The normalized spacial score (nSPS) is 12.6. The van der Waals surface area contributed by atoms with Crippen LogP contribution in [0.5, 0.6) is 0 Å². The molecule has 3 nitrogen and oxygen atoms in total. The summed E-state index contributed by atoms with van der Waals surface area (Å²) >= 11 is 11.9. The Morgan fingerprint density at radius 2 is 1.79 bits per heavy atom. The van der Waals surface area contributed by atoms with E-state index in [-0.39, 0.29) is 5.91 Å². The second-order valence-electron chi connectivity index (χ2n) is 5.21. The highest BCUT2D eigenvalue weighted by Gasteiger charge is 2.19. The monoisotopic (exact) mass is 302 g/mol. The predicted molar refractivity (Wildman–Crippen MR) is 80.4 cm³/mol. The first-order chi connectivity index (χ1) is 8.79. The maximum Gasteiger partial charge on any atom is 0.239 e. The van der Waals surface area contributed by atoms with Crippen molar-refractivity contribution in [3.8, 4) is 0 Å². The van der Waals surface area contributed by atoms with Gasteiger partial charge in [-0.15, -0.1) is 0 Å². The molecule has 1 aromatic carbocycles. The summed E-state index contributed by atoms with van der Waals surface area (Å²) in [7, 11) is 1.73. The third-order valence-electron chi connectivity index (χ3n) is 2.76. The lowest BCUT2D eigenvalue weighted by atomic mass is 10.0. The zero-order valence-electron chi connectivity index (χ0n) is 11.5. The van der Waals surface area contributed by atoms with Crippen LogP contribution in [-0.2, 0) is 11.3 Å². The van der Waals surface area contributed by atoms with Crippen LogP contribution in [-0.4, -0.2) is 23.9 Å². The van der Waals surface area contributed by atoms with Crippen molar-refractivity contribution in [2.45, 2.75) is 32.9 Å². The molecule has 0 spiro atoms. The first-order valence-corrected chi connectivity index (χ1v) is 7.00. The quantitative estimate of drug-likeness (QED) is 0.907. The van der Waals surface area contributed by atoms with E-state index >= 15 is 0 Å². The minimum atomic E-state index is -0.459. The van der Waals surface area contributed by atoms with Crippen LogP contribution in [0.3, 0.4) is 0 Å². The highest BCUT2D eigenvalue weighted by Crippen LogP contribution is 2.20. The van der Waals surface area contributed by atoms with Crippen molar-refractivity contribution in [2.24, 2.45) is 11.7 Å². The number of hydrogen-bond acceptors (Lipinski definition) is 2. The molecule has 5 heteroatoms. The molecule has 0 radical (unpaired) electrons. The van der Waals surface area contributed by atoms with E-state index in [1.54, 1.807) is 30.1 Å². The van der Waals surface area contributed by atoms with E-state index in [4.69, 9.17) is 28.9 Å². The minimum Gasteiger partial charge on any atom is -0.340 e. The van der Waals surface area contributed by atoms with Crippen LogP contribution in [0.15, 0.2) is 18.2 Å². The summed E-state index contributed by atoms with van der Waals surface area (Å²) in [6.45, 7) is 4.54. The Balaban J connectivity index is 2.68. The third kappa shape index (κ3) is 5.39. The molecule has 0 aromatic heterocycles. The highest BCUT2D eigenvalue weighted by molar-refractivity contribution is 6.34. The number of halogens is 2. The summed E-state index contributed by atoms with van der Waals surface area (Å²) < 4.78 is 0. The predicted octanol–water partition coefficient (Wildman–Crippen LogP) is 3.33. The Labute approximate surface area is 124 Å². The van der Waals surface area contributed by atoms with Gasteiger partial charge in [0.1, 0.15) is 0 Å². The number of nitrogens with two attached hydrogens (primary N) is 1. The molecule has 0 saturated heterocycles. The molecule has 106 valence electrons. The van der Waals surface area contributed by atoms with Gasteiger partial charge in [0.15, 0.2) is 0 Å². The van der Waals surface area contributed by atoms with Crippen molar-refractivity contribution in [3.05, 3.63) is 33.8 Å². The largest absolute Gasteiger partial charge is 0.340 e. The van der Waals surface area contributed by atoms with Crippen molar-refractivity contribution in [2.75, 3.05) is 7.05 Å². The number of carbonyl (C=O) groups excluding carboxylic acids is 1. The Morgan fingerprint density at radius 1 is 1.26 bits per heavy atom. The van der Waals surface area contributed by atoms with Crippen LogP contribution in [0.4, 0.5) is 0 Å². The molecule has 0 aliphatic heterocycles. The molecule has 0 fully saturated rings. The summed E-state index contributed by atoms with van der Waals surface area (Å²) in [5.41, 5.74) is 6.78. The SMILES string of the molecule is CC(C)CC(N)C(=O)N(C)Cc1cc(Cl)cc(Cl)c1. The van der Waals surface area contributed by atoms with Gasteiger partial charge in [-0.25, -0.2) is 0 Å². The van der Waals surface area contributed by atoms with E-state index in [1.807, 2.05) is 13.8 Å². The summed E-state index contributed by atoms with van der Waals surface area (Å²) in [4.78, 5) is 13.7. The molecule has 0 aliphatic rings. The summed E-state index contributed by atoms with van der Waals surface area (Å²) in [6, 6.07) is 4.80. The second-order valence-corrected chi connectivity index (χ2v) is 6.08. The van der Waals surface area contributed by atoms with E-state index in [2.05, 4.69) is 0 Å². The van der Waals surface area contributed by atoms with Crippen molar-refractivity contribution in [1.82, 2.24) is 4.90 Å². The molecule has 19 heavy (non-hydrogen) atoms. The number of rotatable bonds is 5. The number of hydrogen-bond donors (Lipinski definition) is 1. The molecular formula is C14H20Cl2N2O. The van der Waals surface area contributed by atoms with Crippen LogP contribution < -0.4 is 5.73 Å². The average molecular weight is 303 g/mol. The first-order valence-electron chi connectivity index (χ1n) is 6.25. The molecular weight excluding hydrogens is 283 g/mol. The summed E-state index contributed by atoms with van der Waals surface area (Å²) in [5, 5.41) is 1.13. The van der Waals surface area contributed by atoms with Gasteiger partial charge in [0.05, 0.1) is 6.04 Å². The molecule has 1 rings (SSSR count). The zero-order chi connectivity index (χ0) is 14.6. The zero-order valence-corrected chi connectivity index (χ0v) is 13.0. The maximum atomic E-state index is 12.1. The van der Waals surface area contributed by atoms with Crippen LogP contribution in [0.25, 0.3) is 0 Å². The van der Waals surface area contributed by atoms with Gasteiger partial charge in [0.25, 0.3) is 0 Å². The lowest BCUT2D eigenvalue weighted by molar-refractivity contribution is -0.132. The Bertz CT molecular complexity index is 429. The smallest absolute Gasteiger partial charge is 0.239 e. The molecule has 2 N–H and O–H groups in total. The third-order valence-corrected chi connectivity index (χ3v) is 3.20. The number of carbonyl (C=O) groups is 1. The van der Waals surface area contributed by atoms with E-state index in [9.17, 15) is 4.79 Å². The molecule has 1 atom stereocenters. The topological polar surface area (TPSA) is 46.3 Å². The minimum absolute atomic E-state index is 0.0650. The van der Waals surface area contributed by atoms with E-state index in [0.717, 1.165) is 5.56 Å². The fourth-order valence-corrected chi connectivity index (χ4v) is 2.52. The highest BCUT2D eigenvalue weighted by atomic mass is 35.5. The first kappa shape index (κ1) is 16.3. The van der Waals surface area contributed by atoms with Gasteiger partial charge in [0.2, 0.25) is 5.91 Å². The van der Waals surface area contributed by atoms with Gasteiger partial charge < -0.3 is 10.6 Å².